The minimum atomic E-state index is -0.178. The molecule has 2 aliphatic rings. The molecule has 0 saturated carbocycles. The van der Waals surface area contributed by atoms with E-state index in [-0.39, 0.29) is 18.3 Å². The predicted octanol–water partition coefficient (Wildman–Crippen LogP) is 4.47. The van der Waals surface area contributed by atoms with Crippen molar-refractivity contribution in [2.24, 2.45) is 0 Å². The number of aliphatic hydroxyl groups excluding tert-OH is 1. The summed E-state index contributed by atoms with van der Waals surface area (Å²) in [6, 6.07) is 11.2. The van der Waals surface area contributed by atoms with E-state index < -0.39 is 0 Å². The highest BCUT2D eigenvalue weighted by Gasteiger charge is 2.27. The van der Waals surface area contributed by atoms with Crippen molar-refractivity contribution in [3.63, 3.8) is 0 Å². The van der Waals surface area contributed by atoms with Crippen LogP contribution in [0.25, 0.3) is 0 Å². The number of nitrogens with zero attached hydrogens (tertiary/aromatic N) is 2. The third-order valence-electron chi connectivity index (χ3n) is 5.77. The smallest absolute Gasteiger partial charge is 0.124 e. The van der Waals surface area contributed by atoms with Crippen molar-refractivity contribution in [3.05, 3.63) is 58.4 Å². The topological polar surface area (TPSA) is 26.7 Å². The summed E-state index contributed by atoms with van der Waals surface area (Å²) in [7, 11) is 0. The highest BCUT2D eigenvalue weighted by molar-refractivity contribution is 7.99. The molecule has 2 aromatic rings. The number of benzene rings is 2. The Balaban J connectivity index is 1.43. The average molecular weight is 421 g/mol. The van der Waals surface area contributed by atoms with Crippen LogP contribution in [0, 0.1) is 5.82 Å². The molecule has 2 aliphatic heterocycles. The first-order valence-electron chi connectivity index (χ1n) is 9.96. The molecule has 0 bridgehead atoms. The van der Waals surface area contributed by atoms with Crippen LogP contribution in [0.5, 0.6) is 0 Å². The van der Waals surface area contributed by atoms with Gasteiger partial charge in [-0.25, -0.2) is 4.39 Å². The molecule has 0 spiro atoms. The van der Waals surface area contributed by atoms with Gasteiger partial charge in [-0.05, 0) is 60.8 Å². The van der Waals surface area contributed by atoms with E-state index in [0.717, 1.165) is 62.0 Å². The molecule has 1 atom stereocenters. The number of hydrogen-bond acceptors (Lipinski definition) is 4. The lowest BCUT2D eigenvalue weighted by Crippen LogP contribution is -2.47. The van der Waals surface area contributed by atoms with E-state index in [4.69, 9.17) is 16.7 Å². The van der Waals surface area contributed by atoms with Crippen molar-refractivity contribution in [1.29, 1.82) is 0 Å². The Labute approximate surface area is 175 Å². The maximum Gasteiger partial charge on any atom is 0.124 e. The third kappa shape index (κ3) is 4.55. The molecule has 1 unspecified atom stereocenters. The van der Waals surface area contributed by atoms with Gasteiger partial charge in [-0.2, -0.15) is 0 Å². The Bertz CT molecular complexity index is 826. The van der Waals surface area contributed by atoms with E-state index >= 15 is 0 Å². The molecular formula is C22H26ClFN2OS. The second-order valence-corrected chi connectivity index (χ2v) is 9.09. The fourth-order valence-electron chi connectivity index (χ4n) is 4.26. The summed E-state index contributed by atoms with van der Waals surface area (Å²) in [6.45, 7) is 6.26. The standard InChI is InChI=1S/C22H26ClFN2OS/c23-16-3-6-21-20(14-16)18(19-5-4-17(24)15-22(19)28-21)2-1-7-25-8-10-26(11-9-25)12-13-27/h3-6,14-15,18,27H,1-2,7-13H2. The lowest BCUT2D eigenvalue weighted by atomic mass is 9.86. The van der Waals surface area contributed by atoms with Crippen LogP contribution < -0.4 is 0 Å². The van der Waals surface area contributed by atoms with Crippen molar-refractivity contribution in [1.82, 2.24) is 9.80 Å². The van der Waals surface area contributed by atoms with Gasteiger partial charge in [-0.1, -0.05) is 29.4 Å². The summed E-state index contributed by atoms with van der Waals surface area (Å²) < 4.78 is 13.8. The van der Waals surface area contributed by atoms with Gasteiger partial charge in [0.15, 0.2) is 0 Å². The van der Waals surface area contributed by atoms with Crippen LogP contribution in [0.1, 0.15) is 29.9 Å². The first-order chi connectivity index (χ1) is 13.6. The predicted molar refractivity (Wildman–Crippen MR) is 113 cm³/mol. The fourth-order valence-corrected chi connectivity index (χ4v) is 5.64. The third-order valence-corrected chi connectivity index (χ3v) is 7.17. The average Bonchev–Trinajstić information content (AvgIpc) is 2.69. The Morgan fingerprint density at radius 2 is 1.71 bits per heavy atom. The molecule has 2 aromatic carbocycles. The molecular weight excluding hydrogens is 395 g/mol. The van der Waals surface area contributed by atoms with Crippen molar-refractivity contribution < 1.29 is 9.50 Å². The van der Waals surface area contributed by atoms with E-state index in [9.17, 15) is 4.39 Å². The number of β-amino-alcohol motifs (C(OH)–C–C–N with tert-alkyl or cyclic N) is 1. The normalized spacial score (nSPS) is 20.0. The zero-order valence-corrected chi connectivity index (χ0v) is 17.5. The van der Waals surface area contributed by atoms with Gasteiger partial charge in [0.2, 0.25) is 0 Å². The van der Waals surface area contributed by atoms with Gasteiger partial charge in [0.05, 0.1) is 6.61 Å². The summed E-state index contributed by atoms with van der Waals surface area (Å²) in [5, 5.41) is 9.84. The largest absolute Gasteiger partial charge is 0.395 e. The van der Waals surface area contributed by atoms with Crippen LogP contribution in [0.2, 0.25) is 5.02 Å². The second-order valence-electron chi connectivity index (χ2n) is 7.57. The molecule has 150 valence electrons. The number of aliphatic hydroxyl groups is 1. The Morgan fingerprint density at radius 3 is 2.46 bits per heavy atom. The zero-order valence-electron chi connectivity index (χ0n) is 15.9. The molecule has 0 aromatic heterocycles. The molecule has 0 aliphatic carbocycles. The lowest BCUT2D eigenvalue weighted by Gasteiger charge is -2.35. The summed E-state index contributed by atoms with van der Waals surface area (Å²) >= 11 is 7.93. The van der Waals surface area contributed by atoms with Crippen LogP contribution in [0.4, 0.5) is 4.39 Å². The fraction of sp³-hybridized carbons (Fsp3) is 0.455. The van der Waals surface area contributed by atoms with E-state index in [0.29, 0.717) is 0 Å². The Morgan fingerprint density at radius 1 is 0.964 bits per heavy atom. The van der Waals surface area contributed by atoms with Crippen LogP contribution in [0.3, 0.4) is 0 Å². The molecule has 3 nitrogen and oxygen atoms in total. The van der Waals surface area contributed by atoms with Crippen molar-refractivity contribution >= 4 is 23.4 Å². The molecule has 0 radical (unpaired) electrons. The lowest BCUT2D eigenvalue weighted by molar-refractivity contribution is 0.111. The summed E-state index contributed by atoms with van der Waals surface area (Å²) in [5.74, 6) is 0.0874. The Hall–Kier alpha value is -1.11. The van der Waals surface area contributed by atoms with Gasteiger partial charge in [0.1, 0.15) is 5.82 Å². The molecule has 1 fully saturated rings. The minimum Gasteiger partial charge on any atom is -0.395 e. The van der Waals surface area contributed by atoms with E-state index in [1.807, 2.05) is 12.1 Å². The molecule has 28 heavy (non-hydrogen) atoms. The van der Waals surface area contributed by atoms with Crippen molar-refractivity contribution in [2.45, 2.75) is 28.6 Å². The molecule has 2 heterocycles. The first-order valence-corrected chi connectivity index (χ1v) is 11.2. The van der Waals surface area contributed by atoms with Crippen LogP contribution in [-0.2, 0) is 0 Å². The number of fused-ring (bicyclic) bond motifs is 2. The van der Waals surface area contributed by atoms with Crippen LogP contribution >= 0.6 is 23.4 Å². The summed E-state index contributed by atoms with van der Waals surface area (Å²) in [4.78, 5) is 7.04. The van der Waals surface area contributed by atoms with Crippen molar-refractivity contribution in [3.8, 4) is 0 Å². The maximum absolute atomic E-state index is 13.8. The summed E-state index contributed by atoms with van der Waals surface area (Å²) in [5.41, 5.74) is 2.48. The number of halogens is 2. The quantitative estimate of drug-likeness (QED) is 0.746. The van der Waals surface area contributed by atoms with Gasteiger partial charge in [0.25, 0.3) is 0 Å². The summed E-state index contributed by atoms with van der Waals surface area (Å²) in [6.07, 6.45) is 2.13. The van der Waals surface area contributed by atoms with Gasteiger partial charge in [-0.3, -0.25) is 4.90 Å². The van der Waals surface area contributed by atoms with Crippen LogP contribution in [-0.4, -0.2) is 60.8 Å². The van der Waals surface area contributed by atoms with E-state index in [2.05, 4.69) is 21.9 Å². The minimum absolute atomic E-state index is 0.178. The van der Waals surface area contributed by atoms with Gasteiger partial charge in [-0.15, -0.1) is 0 Å². The SMILES string of the molecule is OCCN1CCN(CCCC2c3ccc(F)cc3Sc3ccc(Cl)cc32)CC1. The van der Waals surface area contributed by atoms with E-state index in [1.54, 1.807) is 23.9 Å². The number of piperazine rings is 1. The molecule has 6 heteroatoms. The highest BCUT2D eigenvalue weighted by atomic mass is 35.5. The zero-order chi connectivity index (χ0) is 19.5. The maximum atomic E-state index is 13.8. The molecule has 1 saturated heterocycles. The first kappa shape index (κ1) is 20.2. The molecule has 4 rings (SSSR count). The number of hydrogen-bond donors (Lipinski definition) is 1. The van der Waals surface area contributed by atoms with Gasteiger partial charge in [0, 0.05) is 53.5 Å². The van der Waals surface area contributed by atoms with Crippen LogP contribution in [0.15, 0.2) is 46.2 Å². The van der Waals surface area contributed by atoms with Gasteiger partial charge >= 0.3 is 0 Å². The van der Waals surface area contributed by atoms with Gasteiger partial charge < -0.3 is 10.0 Å². The van der Waals surface area contributed by atoms with E-state index in [1.165, 1.54) is 16.0 Å². The number of rotatable bonds is 6. The molecule has 0 amide bonds. The second kappa shape index (κ2) is 9.14. The molecule has 1 N–H and O–H groups in total. The van der Waals surface area contributed by atoms with Crippen molar-refractivity contribution in [2.75, 3.05) is 45.9 Å². The monoisotopic (exact) mass is 420 g/mol. The Kier molecular flexibility index (Phi) is 6.59. The highest BCUT2D eigenvalue weighted by Crippen LogP contribution is 2.48.